The van der Waals surface area contributed by atoms with E-state index < -0.39 is 0 Å². The summed E-state index contributed by atoms with van der Waals surface area (Å²) >= 11 is 0. The molecular formula is C14H18N4. The molecule has 4 nitrogen and oxygen atoms in total. The summed E-state index contributed by atoms with van der Waals surface area (Å²) in [5.74, 6) is 0. The van der Waals surface area contributed by atoms with Crippen LogP contribution in [0.25, 0.3) is 0 Å². The number of hydrogen-bond donors (Lipinski definition) is 0. The van der Waals surface area contributed by atoms with Crippen LogP contribution < -0.4 is 4.90 Å². The lowest BCUT2D eigenvalue weighted by Gasteiger charge is -2.33. The van der Waals surface area contributed by atoms with Crippen LogP contribution in [0.4, 0.5) is 5.69 Å². The van der Waals surface area contributed by atoms with Crippen LogP contribution in [0.2, 0.25) is 0 Å². The van der Waals surface area contributed by atoms with E-state index in [1.165, 1.54) is 11.3 Å². The van der Waals surface area contributed by atoms with E-state index in [0.717, 1.165) is 25.9 Å². The molecule has 2 aromatic rings. The maximum Gasteiger partial charge on any atom is 0.0750 e. The molecule has 1 aliphatic heterocycles. The van der Waals surface area contributed by atoms with Crippen LogP contribution in [0.5, 0.6) is 0 Å². The van der Waals surface area contributed by atoms with Gasteiger partial charge in [0.2, 0.25) is 0 Å². The predicted octanol–water partition coefficient (Wildman–Crippen LogP) is 2.43. The smallest absolute Gasteiger partial charge is 0.0750 e. The van der Waals surface area contributed by atoms with Gasteiger partial charge in [-0.3, -0.25) is 0 Å². The Morgan fingerprint density at radius 1 is 1.00 bits per heavy atom. The predicted molar refractivity (Wildman–Crippen MR) is 71.7 cm³/mol. The van der Waals surface area contributed by atoms with Crippen molar-refractivity contribution in [3.63, 3.8) is 0 Å². The van der Waals surface area contributed by atoms with Crippen LogP contribution in [-0.4, -0.2) is 28.1 Å². The summed E-state index contributed by atoms with van der Waals surface area (Å²) in [6.07, 6.45) is 5.74. The highest BCUT2D eigenvalue weighted by Crippen LogP contribution is 2.25. The summed E-state index contributed by atoms with van der Waals surface area (Å²) in [4.78, 5) is 4.30. The van der Waals surface area contributed by atoms with Crippen LogP contribution in [-0.2, 0) is 0 Å². The van der Waals surface area contributed by atoms with E-state index in [0.29, 0.717) is 6.04 Å². The molecule has 0 atom stereocenters. The number of nitrogens with zero attached hydrogens (tertiary/aromatic N) is 4. The first-order valence-electron chi connectivity index (χ1n) is 6.50. The van der Waals surface area contributed by atoms with Gasteiger partial charge in [0.15, 0.2) is 0 Å². The van der Waals surface area contributed by atoms with Crippen molar-refractivity contribution < 1.29 is 0 Å². The molecule has 0 spiro atoms. The second kappa shape index (κ2) is 4.80. The molecule has 0 saturated carbocycles. The Bertz CT molecular complexity index is 481. The standard InChI is InChI=1S/C14H18N4/c1-12-2-4-13(5-3-12)17-10-6-14(7-11-17)18-15-8-9-16-18/h2-5,8-9,14H,6-7,10-11H2,1H3. The number of aromatic nitrogens is 3. The van der Waals surface area contributed by atoms with Crippen molar-refractivity contribution in [2.24, 2.45) is 0 Å². The van der Waals surface area contributed by atoms with E-state index in [9.17, 15) is 0 Å². The second-order valence-corrected chi connectivity index (χ2v) is 4.90. The summed E-state index contributed by atoms with van der Waals surface area (Å²) in [5.41, 5.74) is 2.64. The van der Waals surface area contributed by atoms with Crippen molar-refractivity contribution in [2.45, 2.75) is 25.8 Å². The number of anilines is 1. The van der Waals surface area contributed by atoms with Crippen molar-refractivity contribution in [1.29, 1.82) is 0 Å². The second-order valence-electron chi connectivity index (χ2n) is 4.90. The summed E-state index contributed by atoms with van der Waals surface area (Å²) in [6, 6.07) is 9.23. The number of hydrogen-bond acceptors (Lipinski definition) is 3. The number of piperidine rings is 1. The van der Waals surface area contributed by atoms with E-state index in [-0.39, 0.29) is 0 Å². The zero-order valence-electron chi connectivity index (χ0n) is 10.7. The van der Waals surface area contributed by atoms with Gasteiger partial charge in [-0.25, -0.2) is 0 Å². The number of rotatable bonds is 2. The lowest BCUT2D eigenvalue weighted by molar-refractivity contribution is 0.333. The fraction of sp³-hybridized carbons (Fsp3) is 0.429. The fourth-order valence-electron chi connectivity index (χ4n) is 2.53. The van der Waals surface area contributed by atoms with Gasteiger partial charge in [-0.1, -0.05) is 17.7 Å². The molecule has 0 bridgehead atoms. The third-order valence-electron chi connectivity index (χ3n) is 3.63. The van der Waals surface area contributed by atoms with Gasteiger partial charge in [0.25, 0.3) is 0 Å². The first-order valence-corrected chi connectivity index (χ1v) is 6.50. The lowest BCUT2D eigenvalue weighted by Crippen LogP contribution is -2.35. The number of aryl methyl sites for hydroxylation is 1. The highest BCUT2D eigenvalue weighted by molar-refractivity contribution is 5.47. The molecule has 4 heteroatoms. The van der Waals surface area contributed by atoms with E-state index >= 15 is 0 Å². The van der Waals surface area contributed by atoms with Crippen LogP contribution in [0.1, 0.15) is 24.4 Å². The highest BCUT2D eigenvalue weighted by Gasteiger charge is 2.21. The molecule has 1 aromatic heterocycles. The van der Waals surface area contributed by atoms with E-state index in [1.807, 2.05) is 4.80 Å². The monoisotopic (exact) mass is 242 g/mol. The molecule has 2 heterocycles. The van der Waals surface area contributed by atoms with E-state index in [4.69, 9.17) is 0 Å². The van der Waals surface area contributed by atoms with Crippen LogP contribution >= 0.6 is 0 Å². The fourth-order valence-corrected chi connectivity index (χ4v) is 2.53. The molecule has 0 aliphatic carbocycles. The molecule has 0 radical (unpaired) electrons. The Labute approximate surface area is 107 Å². The van der Waals surface area contributed by atoms with E-state index in [2.05, 4.69) is 46.3 Å². The van der Waals surface area contributed by atoms with Gasteiger partial charge < -0.3 is 4.90 Å². The summed E-state index contributed by atoms with van der Waals surface area (Å²) in [5, 5.41) is 8.47. The average Bonchev–Trinajstić information content (AvgIpc) is 2.94. The first kappa shape index (κ1) is 11.3. The molecule has 0 unspecified atom stereocenters. The topological polar surface area (TPSA) is 34.0 Å². The lowest BCUT2D eigenvalue weighted by atomic mass is 10.0. The van der Waals surface area contributed by atoms with Crippen molar-refractivity contribution in [1.82, 2.24) is 15.0 Å². The third kappa shape index (κ3) is 2.23. The zero-order chi connectivity index (χ0) is 12.4. The molecule has 1 saturated heterocycles. The molecule has 3 rings (SSSR count). The molecule has 94 valence electrons. The number of benzene rings is 1. The highest BCUT2D eigenvalue weighted by atomic mass is 15.5. The maximum absolute atomic E-state index is 4.24. The van der Waals surface area contributed by atoms with Crippen molar-refractivity contribution in [2.75, 3.05) is 18.0 Å². The van der Waals surface area contributed by atoms with Gasteiger partial charge in [0.1, 0.15) is 0 Å². The Morgan fingerprint density at radius 3 is 2.22 bits per heavy atom. The van der Waals surface area contributed by atoms with Crippen molar-refractivity contribution in [3.05, 3.63) is 42.2 Å². The van der Waals surface area contributed by atoms with Crippen LogP contribution in [0.15, 0.2) is 36.7 Å². The zero-order valence-corrected chi connectivity index (χ0v) is 10.7. The molecule has 1 aromatic carbocycles. The molecule has 0 amide bonds. The molecule has 1 aliphatic rings. The minimum absolute atomic E-state index is 0.460. The largest absolute Gasteiger partial charge is 0.371 e. The van der Waals surface area contributed by atoms with Crippen molar-refractivity contribution >= 4 is 5.69 Å². The molecule has 0 N–H and O–H groups in total. The maximum atomic E-state index is 4.24. The van der Waals surface area contributed by atoms with E-state index in [1.54, 1.807) is 12.4 Å². The summed E-state index contributed by atoms with van der Waals surface area (Å²) < 4.78 is 0. The Morgan fingerprint density at radius 2 is 1.61 bits per heavy atom. The molecule has 18 heavy (non-hydrogen) atoms. The van der Waals surface area contributed by atoms with Crippen molar-refractivity contribution in [3.8, 4) is 0 Å². The molecule has 1 fully saturated rings. The first-order chi connectivity index (χ1) is 8.83. The van der Waals surface area contributed by atoms with Gasteiger partial charge in [0, 0.05) is 18.8 Å². The van der Waals surface area contributed by atoms with Gasteiger partial charge in [0.05, 0.1) is 18.4 Å². The SMILES string of the molecule is Cc1ccc(N2CCC(n3nccn3)CC2)cc1. The normalized spacial score (nSPS) is 17.1. The Balaban J connectivity index is 1.65. The van der Waals surface area contributed by atoms with Gasteiger partial charge in [-0.05, 0) is 31.9 Å². The minimum Gasteiger partial charge on any atom is -0.371 e. The van der Waals surface area contributed by atoms with Gasteiger partial charge in [-0.15, -0.1) is 0 Å². The average molecular weight is 242 g/mol. The minimum atomic E-state index is 0.460. The van der Waals surface area contributed by atoms with Gasteiger partial charge in [-0.2, -0.15) is 15.0 Å². The Kier molecular flexibility index (Phi) is 3.00. The third-order valence-corrected chi connectivity index (χ3v) is 3.63. The van der Waals surface area contributed by atoms with Gasteiger partial charge >= 0.3 is 0 Å². The Hall–Kier alpha value is -1.84. The quantitative estimate of drug-likeness (QED) is 0.811. The molecular weight excluding hydrogens is 224 g/mol. The van der Waals surface area contributed by atoms with Crippen LogP contribution in [0.3, 0.4) is 0 Å². The van der Waals surface area contributed by atoms with Crippen LogP contribution in [0, 0.1) is 6.92 Å². The summed E-state index contributed by atoms with van der Waals surface area (Å²) in [6.45, 7) is 4.28. The summed E-state index contributed by atoms with van der Waals surface area (Å²) in [7, 11) is 0.